The van der Waals surface area contributed by atoms with E-state index < -0.39 is 0 Å². The van der Waals surface area contributed by atoms with Gasteiger partial charge in [-0.2, -0.15) is 0 Å². The van der Waals surface area contributed by atoms with Crippen LogP contribution in [0.25, 0.3) is 54.2 Å². The molecule has 0 saturated heterocycles. The van der Waals surface area contributed by atoms with Crippen LogP contribution in [0.2, 0.25) is 0 Å². The second kappa shape index (κ2) is 10.2. The van der Waals surface area contributed by atoms with Crippen molar-refractivity contribution in [3.8, 4) is 11.1 Å². The summed E-state index contributed by atoms with van der Waals surface area (Å²) in [6.45, 7) is 1.66. The molecule has 0 N–H and O–H groups in total. The molecule has 0 fully saturated rings. The first kappa shape index (κ1) is 24.5. The zero-order valence-electron chi connectivity index (χ0n) is 23.3. The van der Waals surface area contributed by atoms with Gasteiger partial charge in [0.1, 0.15) is 0 Å². The number of aromatic nitrogens is 2. The van der Waals surface area contributed by atoms with Crippen molar-refractivity contribution in [1.29, 1.82) is 0 Å². The minimum atomic E-state index is 0.829. The Morgan fingerprint density at radius 1 is 0.333 bits per heavy atom. The first-order valence-corrected chi connectivity index (χ1v) is 14.6. The topological polar surface area (TPSA) is 7.76 Å². The van der Waals surface area contributed by atoms with E-state index in [1.54, 1.807) is 0 Å². The first-order valence-electron chi connectivity index (χ1n) is 14.6. The summed E-state index contributed by atoms with van der Waals surface area (Å²) in [4.78, 5) is 0. The second-order valence-corrected chi connectivity index (χ2v) is 11.1. The van der Waals surface area contributed by atoms with Gasteiger partial charge in [-0.1, -0.05) is 97.1 Å². The summed E-state index contributed by atoms with van der Waals surface area (Å²) in [6.07, 6.45) is 8.81. The van der Waals surface area contributed by atoms with Gasteiger partial charge < -0.3 is 0 Å². The second-order valence-electron chi connectivity index (χ2n) is 11.1. The third-order valence-corrected chi connectivity index (χ3v) is 8.56. The number of hydrogen-bond acceptors (Lipinski definition) is 0. The van der Waals surface area contributed by atoms with Gasteiger partial charge in [0, 0.05) is 35.4 Å². The molecule has 0 aliphatic heterocycles. The standard InChI is InChI=1S/C40H30N2/c1-5-13-35-31(9-1)25-32-10-2-6-14-36(32)39(35)27-41-21-17-29(18-22-41)30-19-23-42(24-20-30)28-40-37-15-7-3-11-33(37)26-34-12-4-8-16-38(34)40/h1-26H,27-28H2/q+2. The highest BCUT2D eigenvalue weighted by Crippen LogP contribution is 2.30. The molecule has 8 rings (SSSR count). The van der Waals surface area contributed by atoms with Crippen molar-refractivity contribution >= 4 is 43.1 Å². The highest BCUT2D eigenvalue weighted by Gasteiger charge is 2.14. The van der Waals surface area contributed by atoms with Crippen molar-refractivity contribution in [3.63, 3.8) is 0 Å². The van der Waals surface area contributed by atoms with Crippen molar-refractivity contribution < 1.29 is 9.13 Å². The van der Waals surface area contributed by atoms with E-state index in [1.165, 1.54) is 65.3 Å². The summed E-state index contributed by atoms with van der Waals surface area (Å²) in [6, 6.07) is 48.4. The number of pyridine rings is 2. The molecule has 0 aliphatic carbocycles. The summed E-state index contributed by atoms with van der Waals surface area (Å²) >= 11 is 0. The van der Waals surface area contributed by atoms with Crippen molar-refractivity contribution in [2.24, 2.45) is 0 Å². The minimum absolute atomic E-state index is 0.829. The molecular weight excluding hydrogens is 508 g/mol. The number of rotatable bonds is 5. The summed E-state index contributed by atoms with van der Waals surface area (Å²) in [5.74, 6) is 0. The van der Waals surface area contributed by atoms with E-state index in [9.17, 15) is 0 Å². The lowest BCUT2D eigenvalue weighted by Crippen LogP contribution is -2.33. The molecule has 0 aliphatic rings. The van der Waals surface area contributed by atoms with Crippen LogP contribution < -0.4 is 9.13 Å². The molecule has 0 atom stereocenters. The van der Waals surface area contributed by atoms with Crippen molar-refractivity contribution in [2.75, 3.05) is 0 Å². The van der Waals surface area contributed by atoms with E-state index in [2.05, 4.69) is 167 Å². The third kappa shape index (κ3) is 4.38. The van der Waals surface area contributed by atoms with E-state index in [-0.39, 0.29) is 0 Å². The highest BCUT2D eigenvalue weighted by molar-refractivity contribution is 6.03. The zero-order chi connectivity index (χ0) is 27.9. The summed E-state index contributed by atoms with van der Waals surface area (Å²) in [5.41, 5.74) is 5.17. The highest BCUT2D eigenvalue weighted by atomic mass is 14.9. The average Bonchev–Trinajstić information content (AvgIpc) is 3.05. The van der Waals surface area contributed by atoms with Crippen LogP contribution in [-0.4, -0.2) is 0 Å². The fourth-order valence-corrected chi connectivity index (χ4v) is 6.43. The maximum Gasteiger partial charge on any atom is 0.175 e. The Bertz CT molecular complexity index is 1960. The molecule has 0 bridgehead atoms. The molecule has 2 aromatic heterocycles. The lowest BCUT2D eigenvalue weighted by atomic mass is 9.96. The zero-order valence-corrected chi connectivity index (χ0v) is 23.3. The number of hydrogen-bond donors (Lipinski definition) is 0. The van der Waals surface area contributed by atoms with Crippen LogP contribution in [0.15, 0.2) is 158 Å². The van der Waals surface area contributed by atoms with Crippen LogP contribution >= 0.6 is 0 Å². The molecule has 8 aromatic rings. The Morgan fingerprint density at radius 2 is 0.619 bits per heavy atom. The summed E-state index contributed by atoms with van der Waals surface area (Å²) in [5, 5.41) is 10.4. The van der Waals surface area contributed by atoms with Gasteiger partial charge in [-0.05, 0) is 66.3 Å². The Morgan fingerprint density at radius 3 is 0.929 bits per heavy atom. The Labute approximate surface area is 245 Å². The molecule has 2 nitrogen and oxygen atoms in total. The Balaban J connectivity index is 1.08. The largest absolute Gasteiger partial charge is 0.201 e. The van der Waals surface area contributed by atoms with Gasteiger partial charge in [-0.15, -0.1) is 0 Å². The minimum Gasteiger partial charge on any atom is -0.201 e. The third-order valence-electron chi connectivity index (χ3n) is 8.56. The molecule has 2 heterocycles. The summed E-state index contributed by atoms with van der Waals surface area (Å²) in [7, 11) is 0. The quantitative estimate of drug-likeness (QED) is 0.153. The van der Waals surface area contributed by atoms with Crippen molar-refractivity contribution in [1.82, 2.24) is 0 Å². The summed E-state index contributed by atoms with van der Waals surface area (Å²) < 4.78 is 4.57. The monoisotopic (exact) mass is 538 g/mol. The maximum absolute atomic E-state index is 2.30. The Hall–Kier alpha value is -5.34. The first-order chi connectivity index (χ1) is 20.8. The number of benzene rings is 6. The molecule has 0 unspecified atom stereocenters. The van der Waals surface area contributed by atoms with Gasteiger partial charge >= 0.3 is 0 Å². The van der Waals surface area contributed by atoms with Crippen LogP contribution in [0, 0.1) is 0 Å². The van der Waals surface area contributed by atoms with Gasteiger partial charge in [-0.25, -0.2) is 9.13 Å². The van der Waals surface area contributed by atoms with Crippen LogP contribution in [0.4, 0.5) is 0 Å². The fraction of sp³-hybridized carbons (Fsp3) is 0.0500. The van der Waals surface area contributed by atoms with Gasteiger partial charge in [0.25, 0.3) is 0 Å². The van der Waals surface area contributed by atoms with Gasteiger partial charge in [0.15, 0.2) is 37.9 Å². The fourth-order valence-electron chi connectivity index (χ4n) is 6.43. The maximum atomic E-state index is 2.30. The average molecular weight is 539 g/mol. The van der Waals surface area contributed by atoms with E-state index in [0.717, 1.165) is 13.1 Å². The van der Waals surface area contributed by atoms with Gasteiger partial charge in [-0.3, -0.25) is 0 Å². The molecule has 198 valence electrons. The molecule has 0 amide bonds. The Kier molecular flexibility index (Phi) is 5.97. The van der Waals surface area contributed by atoms with Gasteiger partial charge in [0.05, 0.1) is 0 Å². The van der Waals surface area contributed by atoms with Gasteiger partial charge in [0.2, 0.25) is 0 Å². The molecule has 0 spiro atoms. The molecule has 0 radical (unpaired) electrons. The van der Waals surface area contributed by atoms with E-state index in [0.29, 0.717) is 0 Å². The molecule has 0 saturated carbocycles. The molecular formula is C40H30N2+2. The smallest absolute Gasteiger partial charge is 0.175 e. The van der Waals surface area contributed by atoms with Crippen LogP contribution in [0.3, 0.4) is 0 Å². The lowest BCUT2D eigenvalue weighted by molar-refractivity contribution is -0.688. The van der Waals surface area contributed by atoms with E-state index in [1.807, 2.05) is 0 Å². The predicted octanol–water partition coefficient (Wildman–Crippen LogP) is 8.64. The molecule has 6 aromatic carbocycles. The van der Waals surface area contributed by atoms with Crippen molar-refractivity contribution in [3.05, 3.63) is 169 Å². The van der Waals surface area contributed by atoms with E-state index in [4.69, 9.17) is 0 Å². The van der Waals surface area contributed by atoms with Crippen LogP contribution in [0.1, 0.15) is 11.1 Å². The molecule has 2 heteroatoms. The van der Waals surface area contributed by atoms with Crippen LogP contribution in [-0.2, 0) is 13.1 Å². The SMILES string of the molecule is c1ccc2c(C[n+]3ccc(-c4cc[n+](Cc5c6ccccc6cc6ccccc56)cc4)cc3)c3ccccc3cc2c1. The van der Waals surface area contributed by atoms with Crippen molar-refractivity contribution in [2.45, 2.75) is 13.1 Å². The lowest BCUT2D eigenvalue weighted by Gasteiger charge is -2.10. The van der Waals surface area contributed by atoms with E-state index >= 15 is 0 Å². The number of nitrogens with zero attached hydrogens (tertiary/aromatic N) is 2. The normalized spacial score (nSPS) is 11.5. The number of fused-ring (bicyclic) bond motifs is 4. The molecule has 42 heavy (non-hydrogen) atoms. The van der Waals surface area contributed by atoms with Crippen LogP contribution in [0.5, 0.6) is 0 Å². The predicted molar refractivity (Wildman–Crippen MR) is 173 cm³/mol.